The number of nitrogens with zero attached hydrogens (tertiary/aromatic N) is 1. The lowest BCUT2D eigenvalue weighted by Crippen LogP contribution is -2.39. The maximum Gasteiger partial charge on any atom is 0.224 e. The second-order valence-corrected chi connectivity index (χ2v) is 5.59. The average Bonchev–Trinajstić information content (AvgIpc) is 2.55. The highest BCUT2D eigenvalue weighted by Crippen LogP contribution is 2.36. The molecule has 0 spiro atoms. The van der Waals surface area contributed by atoms with Gasteiger partial charge in [0, 0.05) is 23.1 Å². The van der Waals surface area contributed by atoms with E-state index in [9.17, 15) is 4.79 Å². The average molecular weight is 282 g/mol. The molecule has 0 aromatic heterocycles. The minimum Gasteiger partial charge on any atom is -0.309 e. The third-order valence-corrected chi connectivity index (χ3v) is 3.66. The molecule has 3 heteroatoms. The fourth-order valence-corrected chi connectivity index (χ4v) is 2.79. The predicted molar refractivity (Wildman–Crippen MR) is 69.6 cm³/mol. The Kier molecular flexibility index (Phi) is 3.06. The Morgan fingerprint density at radius 2 is 2.19 bits per heavy atom. The Morgan fingerprint density at radius 3 is 2.75 bits per heavy atom. The van der Waals surface area contributed by atoms with Gasteiger partial charge in [0.1, 0.15) is 0 Å². The van der Waals surface area contributed by atoms with E-state index < -0.39 is 0 Å². The molecule has 2 nitrogen and oxygen atoms in total. The lowest BCUT2D eigenvalue weighted by molar-refractivity contribution is -0.117. The lowest BCUT2D eigenvalue weighted by Gasteiger charge is -2.27. The molecule has 1 amide bonds. The number of carbonyl (C=O) groups is 1. The van der Waals surface area contributed by atoms with Gasteiger partial charge in [-0.2, -0.15) is 0 Å². The van der Waals surface area contributed by atoms with Crippen molar-refractivity contribution in [2.75, 3.05) is 4.90 Å². The summed E-state index contributed by atoms with van der Waals surface area (Å²) >= 11 is 3.48. The Morgan fingerprint density at radius 1 is 1.50 bits per heavy atom. The van der Waals surface area contributed by atoms with Crippen molar-refractivity contribution >= 4 is 27.5 Å². The van der Waals surface area contributed by atoms with Gasteiger partial charge in [-0.15, -0.1) is 0 Å². The zero-order valence-corrected chi connectivity index (χ0v) is 11.4. The van der Waals surface area contributed by atoms with Crippen LogP contribution in [0, 0.1) is 5.92 Å². The first-order valence-corrected chi connectivity index (χ1v) is 6.38. The summed E-state index contributed by atoms with van der Waals surface area (Å²) in [5.41, 5.74) is 2.35. The zero-order chi connectivity index (χ0) is 11.9. The second-order valence-electron chi connectivity index (χ2n) is 4.68. The highest BCUT2D eigenvalue weighted by molar-refractivity contribution is 9.10. The van der Waals surface area contributed by atoms with Crippen LogP contribution in [0.2, 0.25) is 0 Å². The molecule has 0 unspecified atom stereocenters. The van der Waals surface area contributed by atoms with Crippen LogP contribution in [0.4, 0.5) is 5.69 Å². The molecule has 1 heterocycles. The van der Waals surface area contributed by atoms with E-state index in [0.29, 0.717) is 12.0 Å². The number of carbonyl (C=O) groups excluding carboxylic acids is 1. The molecule has 0 bridgehead atoms. The summed E-state index contributed by atoms with van der Waals surface area (Å²) in [4.78, 5) is 13.7. The van der Waals surface area contributed by atoms with Crippen molar-refractivity contribution in [3.05, 3.63) is 28.2 Å². The van der Waals surface area contributed by atoms with Gasteiger partial charge in [-0.1, -0.05) is 29.8 Å². The number of rotatable bonds is 1. The fourth-order valence-electron chi connectivity index (χ4n) is 2.38. The van der Waals surface area contributed by atoms with E-state index in [1.807, 2.05) is 17.0 Å². The Bertz CT molecular complexity index is 428. The molecule has 1 aromatic rings. The Hall–Kier alpha value is -0.830. The van der Waals surface area contributed by atoms with Crippen molar-refractivity contribution in [3.8, 4) is 0 Å². The number of hydrogen-bond donors (Lipinski definition) is 0. The van der Waals surface area contributed by atoms with Gasteiger partial charge in [-0.05, 0) is 36.1 Å². The quantitative estimate of drug-likeness (QED) is 0.773. The molecule has 0 fully saturated rings. The Labute approximate surface area is 105 Å². The number of fused-ring (bicyclic) bond motifs is 1. The fraction of sp³-hybridized carbons (Fsp3) is 0.462. The van der Waals surface area contributed by atoms with Gasteiger partial charge in [0.2, 0.25) is 5.91 Å². The van der Waals surface area contributed by atoms with Crippen LogP contribution >= 0.6 is 15.9 Å². The van der Waals surface area contributed by atoms with Gasteiger partial charge in [0.05, 0.1) is 0 Å². The summed E-state index contributed by atoms with van der Waals surface area (Å²) in [5, 5.41) is 0. The van der Waals surface area contributed by atoms with Gasteiger partial charge in [-0.25, -0.2) is 0 Å². The molecule has 1 aliphatic heterocycles. The van der Waals surface area contributed by atoms with Gasteiger partial charge < -0.3 is 4.90 Å². The number of amides is 1. The molecular formula is C13H16BrNO. The molecule has 0 saturated carbocycles. The Balaban J connectivity index is 2.45. The van der Waals surface area contributed by atoms with Gasteiger partial charge in [0.25, 0.3) is 0 Å². The van der Waals surface area contributed by atoms with Crippen LogP contribution < -0.4 is 4.90 Å². The van der Waals surface area contributed by atoms with E-state index in [4.69, 9.17) is 0 Å². The van der Waals surface area contributed by atoms with Crippen molar-refractivity contribution in [3.63, 3.8) is 0 Å². The SMILES string of the molecule is CC(=O)N1c2ccc(Br)cc2C[C@H]1C(C)C. The van der Waals surface area contributed by atoms with E-state index in [2.05, 4.69) is 35.8 Å². The first-order chi connectivity index (χ1) is 7.50. The van der Waals surface area contributed by atoms with Gasteiger partial charge in [-0.3, -0.25) is 4.79 Å². The molecule has 0 aliphatic carbocycles. The first-order valence-electron chi connectivity index (χ1n) is 5.59. The summed E-state index contributed by atoms with van der Waals surface area (Å²) in [6.45, 7) is 5.98. The van der Waals surface area contributed by atoms with Crippen molar-refractivity contribution in [2.45, 2.75) is 33.2 Å². The highest BCUT2D eigenvalue weighted by Gasteiger charge is 2.33. The lowest BCUT2D eigenvalue weighted by atomic mass is 10.00. The summed E-state index contributed by atoms with van der Waals surface area (Å²) < 4.78 is 1.08. The summed E-state index contributed by atoms with van der Waals surface area (Å²) in [6.07, 6.45) is 0.964. The van der Waals surface area contributed by atoms with Crippen LogP contribution in [0.15, 0.2) is 22.7 Å². The zero-order valence-electron chi connectivity index (χ0n) is 9.83. The number of hydrogen-bond acceptors (Lipinski definition) is 1. The topological polar surface area (TPSA) is 20.3 Å². The van der Waals surface area contributed by atoms with E-state index in [0.717, 1.165) is 16.6 Å². The van der Waals surface area contributed by atoms with Crippen molar-refractivity contribution < 1.29 is 4.79 Å². The predicted octanol–water partition coefficient (Wildman–Crippen LogP) is 3.38. The molecule has 0 N–H and O–H groups in total. The molecule has 16 heavy (non-hydrogen) atoms. The monoisotopic (exact) mass is 281 g/mol. The van der Waals surface area contributed by atoms with E-state index in [-0.39, 0.29) is 5.91 Å². The third kappa shape index (κ3) is 1.88. The second kappa shape index (κ2) is 4.21. The van der Waals surface area contributed by atoms with Crippen molar-refractivity contribution in [1.29, 1.82) is 0 Å². The maximum absolute atomic E-state index is 11.7. The standard InChI is InChI=1S/C13H16BrNO/c1-8(2)13-7-10-6-11(14)4-5-12(10)15(13)9(3)16/h4-6,8,13H,7H2,1-3H3/t13-/m0/s1. The van der Waals surface area contributed by atoms with Gasteiger partial charge in [0.15, 0.2) is 0 Å². The van der Waals surface area contributed by atoms with E-state index in [1.54, 1.807) is 6.92 Å². The minimum absolute atomic E-state index is 0.139. The minimum atomic E-state index is 0.139. The number of halogens is 1. The molecule has 0 saturated heterocycles. The number of benzene rings is 1. The van der Waals surface area contributed by atoms with Crippen molar-refractivity contribution in [1.82, 2.24) is 0 Å². The summed E-state index contributed by atoms with van der Waals surface area (Å²) in [6, 6.07) is 6.45. The van der Waals surface area contributed by atoms with Crippen molar-refractivity contribution in [2.24, 2.45) is 5.92 Å². The normalized spacial score (nSPS) is 19.1. The summed E-state index contributed by atoms with van der Waals surface area (Å²) in [5.74, 6) is 0.620. The first kappa shape index (κ1) is 11.6. The van der Waals surface area contributed by atoms with Crippen LogP contribution in [0.3, 0.4) is 0 Å². The highest BCUT2D eigenvalue weighted by atomic mass is 79.9. The molecule has 0 radical (unpaired) electrons. The van der Waals surface area contributed by atoms with Crippen LogP contribution in [-0.4, -0.2) is 11.9 Å². The van der Waals surface area contributed by atoms with Crippen LogP contribution in [0.1, 0.15) is 26.3 Å². The van der Waals surface area contributed by atoms with E-state index in [1.165, 1.54) is 5.56 Å². The summed E-state index contributed by atoms with van der Waals surface area (Å²) in [7, 11) is 0. The van der Waals surface area contributed by atoms with Gasteiger partial charge >= 0.3 is 0 Å². The smallest absolute Gasteiger partial charge is 0.224 e. The number of anilines is 1. The van der Waals surface area contributed by atoms with Crippen LogP contribution in [0.5, 0.6) is 0 Å². The maximum atomic E-state index is 11.7. The molecule has 1 aromatic carbocycles. The molecule has 86 valence electrons. The largest absolute Gasteiger partial charge is 0.309 e. The van der Waals surface area contributed by atoms with Crippen LogP contribution in [0.25, 0.3) is 0 Å². The van der Waals surface area contributed by atoms with E-state index >= 15 is 0 Å². The molecule has 1 atom stereocenters. The third-order valence-electron chi connectivity index (χ3n) is 3.17. The molecule has 1 aliphatic rings. The van der Waals surface area contributed by atoms with Crippen LogP contribution in [-0.2, 0) is 11.2 Å². The molecular weight excluding hydrogens is 266 g/mol. The molecule has 2 rings (SSSR count).